The zero-order valence-corrected chi connectivity index (χ0v) is 11.8. The molecule has 1 fully saturated rings. The van der Waals surface area contributed by atoms with E-state index in [-0.39, 0.29) is 17.9 Å². The van der Waals surface area contributed by atoms with Gasteiger partial charge in [0.15, 0.2) is 0 Å². The third-order valence-corrected chi connectivity index (χ3v) is 4.50. The van der Waals surface area contributed by atoms with Crippen molar-refractivity contribution in [2.45, 2.75) is 44.4 Å². The van der Waals surface area contributed by atoms with Crippen molar-refractivity contribution in [3.05, 3.63) is 35.4 Å². The molecule has 1 amide bonds. The number of hydrogen-bond acceptors (Lipinski definition) is 3. The monoisotopic (exact) mass is 274 g/mol. The van der Waals surface area contributed by atoms with Crippen LogP contribution in [0.3, 0.4) is 0 Å². The SMILES string of the molecule is CC1CC(C(=O)N[C@H]2c3ccccc3C[C@H]2O)CCN1. The second-order valence-corrected chi connectivity index (χ2v) is 6.03. The number of nitrogens with one attached hydrogen (secondary N) is 2. The molecule has 0 aromatic heterocycles. The van der Waals surface area contributed by atoms with Crippen molar-refractivity contribution < 1.29 is 9.90 Å². The van der Waals surface area contributed by atoms with Crippen LogP contribution in [-0.4, -0.2) is 29.7 Å². The molecule has 1 aromatic carbocycles. The Labute approximate surface area is 119 Å². The summed E-state index contributed by atoms with van der Waals surface area (Å²) in [6.45, 7) is 3.00. The van der Waals surface area contributed by atoms with Gasteiger partial charge in [0.25, 0.3) is 0 Å². The number of carbonyl (C=O) groups is 1. The molecule has 0 spiro atoms. The lowest BCUT2D eigenvalue weighted by Gasteiger charge is -2.29. The average molecular weight is 274 g/mol. The van der Waals surface area contributed by atoms with Crippen LogP contribution in [0.5, 0.6) is 0 Å². The van der Waals surface area contributed by atoms with Crippen LogP contribution in [0.2, 0.25) is 0 Å². The van der Waals surface area contributed by atoms with E-state index in [4.69, 9.17) is 0 Å². The molecule has 0 radical (unpaired) electrons. The molecule has 0 saturated carbocycles. The number of hydrogen-bond donors (Lipinski definition) is 3. The van der Waals surface area contributed by atoms with Crippen molar-refractivity contribution in [3.63, 3.8) is 0 Å². The van der Waals surface area contributed by atoms with Gasteiger partial charge in [0.2, 0.25) is 5.91 Å². The average Bonchev–Trinajstić information content (AvgIpc) is 2.75. The Morgan fingerprint density at radius 1 is 1.40 bits per heavy atom. The van der Waals surface area contributed by atoms with Crippen LogP contribution in [0, 0.1) is 5.92 Å². The Morgan fingerprint density at radius 2 is 2.20 bits per heavy atom. The lowest BCUT2D eigenvalue weighted by atomic mass is 9.92. The molecule has 108 valence electrons. The third kappa shape index (κ3) is 2.58. The van der Waals surface area contributed by atoms with Gasteiger partial charge in [0.1, 0.15) is 0 Å². The summed E-state index contributed by atoms with van der Waals surface area (Å²) in [5.74, 6) is 0.144. The van der Waals surface area contributed by atoms with E-state index in [1.165, 1.54) is 0 Å². The minimum absolute atomic E-state index is 0.0613. The fraction of sp³-hybridized carbons (Fsp3) is 0.562. The first-order chi connectivity index (χ1) is 9.65. The zero-order valence-electron chi connectivity index (χ0n) is 11.8. The fourth-order valence-electron chi connectivity index (χ4n) is 3.39. The van der Waals surface area contributed by atoms with Crippen LogP contribution >= 0.6 is 0 Å². The van der Waals surface area contributed by atoms with E-state index in [2.05, 4.69) is 17.6 Å². The number of piperidine rings is 1. The Kier molecular flexibility index (Phi) is 3.76. The second-order valence-electron chi connectivity index (χ2n) is 6.03. The van der Waals surface area contributed by atoms with Crippen LogP contribution < -0.4 is 10.6 Å². The highest BCUT2D eigenvalue weighted by atomic mass is 16.3. The maximum absolute atomic E-state index is 12.4. The molecular formula is C16H22N2O2. The van der Waals surface area contributed by atoms with Crippen LogP contribution in [0.15, 0.2) is 24.3 Å². The normalized spacial score (nSPS) is 32.7. The fourth-order valence-corrected chi connectivity index (χ4v) is 3.39. The van der Waals surface area contributed by atoms with E-state index in [1.807, 2.05) is 24.3 Å². The van der Waals surface area contributed by atoms with E-state index < -0.39 is 6.10 Å². The van der Waals surface area contributed by atoms with E-state index >= 15 is 0 Å². The summed E-state index contributed by atoms with van der Waals surface area (Å²) < 4.78 is 0. The van der Waals surface area contributed by atoms with Crippen molar-refractivity contribution in [1.29, 1.82) is 0 Å². The molecule has 2 unspecified atom stereocenters. The Balaban J connectivity index is 1.70. The highest BCUT2D eigenvalue weighted by Crippen LogP contribution is 2.31. The van der Waals surface area contributed by atoms with Gasteiger partial charge < -0.3 is 15.7 Å². The number of benzene rings is 1. The molecule has 1 aliphatic carbocycles. The summed E-state index contributed by atoms with van der Waals surface area (Å²) in [6, 6.07) is 8.11. The third-order valence-electron chi connectivity index (χ3n) is 4.50. The Morgan fingerprint density at radius 3 is 3.00 bits per heavy atom. The van der Waals surface area contributed by atoms with Crippen LogP contribution in [0.25, 0.3) is 0 Å². The molecule has 4 heteroatoms. The summed E-state index contributed by atoms with van der Waals surface area (Å²) in [6.07, 6.45) is 1.87. The summed E-state index contributed by atoms with van der Waals surface area (Å²) in [7, 11) is 0. The van der Waals surface area contributed by atoms with Crippen LogP contribution in [-0.2, 0) is 11.2 Å². The largest absolute Gasteiger partial charge is 0.390 e. The van der Waals surface area contributed by atoms with Gasteiger partial charge >= 0.3 is 0 Å². The van der Waals surface area contributed by atoms with E-state index in [9.17, 15) is 9.90 Å². The first kappa shape index (κ1) is 13.6. The van der Waals surface area contributed by atoms with Gasteiger partial charge in [0.05, 0.1) is 12.1 Å². The van der Waals surface area contributed by atoms with E-state index in [0.29, 0.717) is 12.5 Å². The first-order valence-corrected chi connectivity index (χ1v) is 7.45. The number of fused-ring (bicyclic) bond motifs is 1. The predicted molar refractivity (Wildman–Crippen MR) is 77.2 cm³/mol. The van der Waals surface area contributed by atoms with E-state index in [0.717, 1.165) is 30.5 Å². The molecule has 3 N–H and O–H groups in total. The van der Waals surface area contributed by atoms with Gasteiger partial charge in [-0.05, 0) is 37.4 Å². The maximum atomic E-state index is 12.4. The molecule has 3 rings (SSSR count). The van der Waals surface area contributed by atoms with Gasteiger partial charge in [-0.2, -0.15) is 0 Å². The van der Waals surface area contributed by atoms with Gasteiger partial charge in [-0.1, -0.05) is 24.3 Å². The van der Waals surface area contributed by atoms with Gasteiger partial charge in [0, 0.05) is 18.4 Å². The minimum Gasteiger partial charge on any atom is -0.390 e. The summed E-state index contributed by atoms with van der Waals surface area (Å²) in [5.41, 5.74) is 2.21. The van der Waals surface area contributed by atoms with Crippen molar-refractivity contribution in [2.75, 3.05) is 6.54 Å². The molecule has 0 bridgehead atoms. The van der Waals surface area contributed by atoms with E-state index in [1.54, 1.807) is 0 Å². The molecule has 4 nitrogen and oxygen atoms in total. The van der Waals surface area contributed by atoms with Crippen LogP contribution in [0.1, 0.15) is 36.9 Å². The second kappa shape index (κ2) is 5.54. The van der Waals surface area contributed by atoms with Gasteiger partial charge in [-0.15, -0.1) is 0 Å². The minimum atomic E-state index is -0.504. The molecular weight excluding hydrogens is 252 g/mol. The highest BCUT2D eigenvalue weighted by Gasteiger charge is 2.34. The smallest absolute Gasteiger partial charge is 0.223 e. The number of amides is 1. The van der Waals surface area contributed by atoms with Gasteiger partial charge in [-0.3, -0.25) is 4.79 Å². The van der Waals surface area contributed by atoms with Crippen LogP contribution in [0.4, 0.5) is 0 Å². The predicted octanol–water partition coefficient (Wildman–Crippen LogP) is 1.15. The summed E-state index contributed by atoms with van der Waals surface area (Å²) in [5, 5.41) is 16.6. The Bertz CT molecular complexity index is 503. The topological polar surface area (TPSA) is 61.4 Å². The van der Waals surface area contributed by atoms with Gasteiger partial charge in [-0.25, -0.2) is 0 Å². The summed E-state index contributed by atoms with van der Waals surface area (Å²) in [4.78, 5) is 12.4. The number of rotatable bonds is 2. The molecule has 4 atom stereocenters. The number of carbonyl (C=O) groups excluding carboxylic acids is 1. The molecule has 1 aliphatic heterocycles. The molecule has 1 saturated heterocycles. The first-order valence-electron chi connectivity index (χ1n) is 7.45. The lowest BCUT2D eigenvalue weighted by molar-refractivity contribution is -0.127. The van der Waals surface area contributed by atoms with Crippen molar-refractivity contribution in [2.24, 2.45) is 5.92 Å². The quantitative estimate of drug-likeness (QED) is 0.758. The zero-order chi connectivity index (χ0) is 14.1. The van der Waals surface area contributed by atoms with Crippen molar-refractivity contribution >= 4 is 5.91 Å². The van der Waals surface area contributed by atoms with Crippen molar-refractivity contribution in [3.8, 4) is 0 Å². The number of aliphatic hydroxyl groups excluding tert-OH is 1. The molecule has 1 heterocycles. The highest BCUT2D eigenvalue weighted by molar-refractivity contribution is 5.79. The summed E-state index contributed by atoms with van der Waals surface area (Å²) >= 11 is 0. The molecule has 2 aliphatic rings. The standard InChI is InChI=1S/C16H22N2O2/c1-10-8-12(6-7-17-10)16(20)18-15-13-5-3-2-4-11(13)9-14(15)19/h2-5,10,12,14-15,17,19H,6-9H2,1H3,(H,18,20)/t10?,12?,14-,15+/m1/s1. The Hall–Kier alpha value is -1.39. The molecule has 20 heavy (non-hydrogen) atoms. The van der Waals surface area contributed by atoms with Crippen molar-refractivity contribution in [1.82, 2.24) is 10.6 Å². The maximum Gasteiger partial charge on any atom is 0.223 e. The lowest BCUT2D eigenvalue weighted by Crippen LogP contribution is -2.44. The molecule has 1 aromatic rings. The number of aliphatic hydroxyl groups is 1.